The van der Waals surface area contributed by atoms with E-state index in [1.807, 2.05) is 31.2 Å². The molecule has 0 bridgehead atoms. The van der Waals surface area contributed by atoms with Gasteiger partial charge in [-0.2, -0.15) is 5.26 Å². The molecule has 3 rings (SSSR count). The fraction of sp³-hybridized carbons (Fsp3) is 0.0526. The van der Waals surface area contributed by atoms with Crippen molar-refractivity contribution in [2.24, 2.45) is 4.99 Å². The van der Waals surface area contributed by atoms with Crippen LogP contribution in [0.3, 0.4) is 0 Å². The zero-order chi connectivity index (χ0) is 16.2. The minimum Gasteiger partial charge on any atom is -0.455 e. The third-order valence-electron chi connectivity index (χ3n) is 3.35. The van der Waals surface area contributed by atoms with Crippen LogP contribution in [0.2, 0.25) is 0 Å². The molecule has 0 aliphatic carbocycles. The molecule has 0 fully saturated rings. The number of nitriles is 1. The summed E-state index contributed by atoms with van der Waals surface area (Å²) < 4.78 is 6.83. The molecule has 23 heavy (non-hydrogen) atoms. The van der Waals surface area contributed by atoms with Gasteiger partial charge in [0.1, 0.15) is 11.5 Å². The first kappa shape index (κ1) is 15.3. The monoisotopic (exact) mass is 364 g/mol. The van der Waals surface area contributed by atoms with Gasteiger partial charge in [0.05, 0.1) is 23.5 Å². The van der Waals surface area contributed by atoms with Crippen molar-refractivity contribution in [1.29, 1.82) is 5.26 Å². The summed E-state index contributed by atoms with van der Waals surface area (Å²) in [5, 5.41) is 8.78. The van der Waals surface area contributed by atoms with Crippen LogP contribution >= 0.6 is 15.9 Å². The predicted molar refractivity (Wildman–Crippen MR) is 95.0 cm³/mol. The molecule has 4 heteroatoms. The number of nitrogens with zero attached hydrogens (tertiary/aromatic N) is 2. The van der Waals surface area contributed by atoms with Gasteiger partial charge in [0.15, 0.2) is 0 Å². The first-order valence-corrected chi connectivity index (χ1v) is 7.85. The Labute approximate surface area is 143 Å². The molecule has 2 aromatic carbocycles. The lowest BCUT2D eigenvalue weighted by Gasteiger charge is -2.01. The van der Waals surface area contributed by atoms with E-state index < -0.39 is 0 Å². The highest BCUT2D eigenvalue weighted by Gasteiger charge is 2.07. The molecular formula is C19H13BrN2O. The average Bonchev–Trinajstić information content (AvgIpc) is 3.02. The zero-order valence-corrected chi connectivity index (χ0v) is 14.0. The number of furan rings is 1. The smallest absolute Gasteiger partial charge is 0.145 e. The summed E-state index contributed by atoms with van der Waals surface area (Å²) in [7, 11) is 0. The largest absolute Gasteiger partial charge is 0.455 e. The fourth-order valence-electron chi connectivity index (χ4n) is 2.15. The standard InChI is InChI=1S/C19H13BrN2O/c1-13-2-8-17(18(20)10-13)19-9-7-16(23-19)12-22-15-5-3-14(11-21)4-6-15/h2-10,12H,1H3. The quantitative estimate of drug-likeness (QED) is 0.564. The minimum atomic E-state index is 0.619. The highest BCUT2D eigenvalue weighted by Crippen LogP contribution is 2.30. The van der Waals surface area contributed by atoms with E-state index >= 15 is 0 Å². The number of hydrogen-bond donors (Lipinski definition) is 0. The van der Waals surface area contributed by atoms with Crippen molar-refractivity contribution >= 4 is 27.8 Å². The number of rotatable bonds is 3. The lowest BCUT2D eigenvalue weighted by Crippen LogP contribution is -1.79. The molecule has 1 aromatic heterocycles. The molecule has 0 aliphatic rings. The highest BCUT2D eigenvalue weighted by atomic mass is 79.9. The van der Waals surface area contributed by atoms with E-state index in [4.69, 9.17) is 9.68 Å². The second-order valence-electron chi connectivity index (χ2n) is 5.10. The molecule has 3 aromatic rings. The predicted octanol–water partition coefficient (Wildman–Crippen LogP) is 5.64. The molecule has 0 radical (unpaired) electrons. The van der Waals surface area contributed by atoms with E-state index in [0.717, 1.165) is 21.5 Å². The van der Waals surface area contributed by atoms with Crippen molar-refractivity contribution in [3.8, 4) is 17.4 Å². The van der Waals surface area contributed by atoms with Gasteiger partial charge in [-0.1, -0.05) is 22.0 Å². The van der Waals surface area contributed by atoms with Crippen LogP contribution < -0.4 is 0 Å². The maximum absolute atomic E-state index is 8.78. The van der Waals surface area contributed by atoms with Gasteiger partial charge in [-0.25, -0.2) is 0 Å². The molecule has 0 saturated carbocycles. The molecule has 1 heterocycles. The lowest BCUT2D eigenvalue weighted by molar-refractivity contribution is 0.575. The summed E-state index contributed by atoms with van der Waals surface area (Å²) in [6.45, 7) is 2.05. The Morgan fingerprint density at radius 3 is 2.57 bits per heavy atom. The van der Waals surface area contributed by atoms with Gasteiger partial charge in [-0.3, -0.25) is 4.99 Å². The van der Waals surface area contributed by atoms with Crippen LogP contribution in [-0.2, 0) is 0 Å². The summed E-state index contributed by atoms with van der Waals surface area (Å²) >= 11 is 3.56. The molecule has 0 unspecified atom stereocenters. The van der Waals surface area contributed by atoms with Gasteiger partial charge in [0.25, 0.3) is 0 Å². The second-order valence-corrected chi connectivity index (χ2v) is 5.96. The fourth-order valence-corrected chi connectivity index (χ4v) is 2.84. The van der Waals surface area contributed by atoms with Crippen LogP contribution in [0.4, 0.5) is 5.69 Å². The molecule has 0 aliphatic heterocycles. The van der Waals surface area contributed by atoms with Gasteiger partial charge in [-0.05, 0) is 61.0 Å². The van der Waals surface area contributed by atoms with Gasteiger partial charge in [0, 0.05) is 10.0 Å². The Bertz CT molecular complexity index is 902. The van der Waals surface area contributed by atoms with Crippen LogP contribution in [0.5, 0.6) is 0 Å². The third-order valence-corrected chi connectivity index (χ3v) is 4.01. The molecule has 0 N–H and O–H groups in total. The van der Waals surface area contributed by atoms with Gasteiger partial charge in [0.2, 0.25) is 0 Å². The zero-order valence-electron chi connectivity index (χ0n) is 12.5. The minimum absolute atomic E-state index is 0.619. The van der Waals surface area contributed by atoms with Crippen LogP contribution in [-0.4, -0.2) is 6.21 Å². The first-order chi connectivity index (χ1) is 11.2. The van der Waals surface area contributed by atoms with Gasteiger partial charge in [-0.15, -0.1) is 0 Å². The van der Waals surface area contributed by atoms with Crippen LogP contribution in [0.15, 0.2) is 68.5 Å². The van der Waals surface area contributed by atoms with Crippen LogP contribution in [0, 0.1) is 18.3 Å². The Kier molecular flexibility index (Phi) is 4.40. The molecule has 0 amide bonds. The molecule has 0 atom stereocenters. The van der Waals surface area contributed by atoms with Crippen molar-refractivity contribution in [1.82, 2.24) is 0 Å². The van der Waals surface area contributed by atoms with E-state index in [1.165, 1.54) is 5.56 Å². The van der Waals surface area contributed by atoms with Crippen molar-refractivity contribution in [3.63, 3.8) is 0 Å². The number of benzene rings is 2. The molecule has 112 valence electrons. The Morgan fingerprint density at radius 1 is 1.09 bits per heavy atom. The van der Waals surface area contributed by atoms with Crippen molar-refractivity contribution in [2.45, 2.75) is 6.92 Å². The van der Waals surface area contributed by atoms with E-state index in [0.29, 0.717) is 11.3 Å². The molecule has 0 saturated heterocycles. The Morgan fingerprint density at radius 2 is 1.87 bits per heavy atom. The summed E-state index contributed by atoms with van der Waals surface area (Å²) in [6.07, 6.45) is 1.67. The summed E-state index contributed by atoms with van der Waals surface area (Å²) in [5.74, 6) is 1.47. The number of hydrogen-bond acceptors (Lipinski definition) is 3. The highest BCUT2D eigenvalue weighted by molar-refractivity contribution is 9.10. The topological polar surface area (TPSA) is 49.3 Å². The van der Waals surface area contributed by atoms with Gasteiger partial charge >= 0.3 is 0 Å². The molecule has 0 spiro atoms. The van der Waals surface area contributed by atoms with Crippen LogP contribution in [0.1, 0.15) is 16.9 Å². The Hall–Kier alpha value is -2.64. The normalized spacial score (nSPS) is 10.8. The molecule has 3 nitrogen and oxygen atoms in total. The van der Waals surface area contributed by atoms with E-state index in [2.05, 4.69) is 33.1 Å². The number of aryl methyl sites for hydroxylation is 1. The van der Waals surface area contributed by atoms with Gasteiger partial charge < -0.3 is 4.42 Å². The maximum atomic E-state index is 8.78. The van der Waals surface area contributed by atoms with E-state index in [1.54, 1.807) is 30.5 Å². The van der Waals surface area contributed by atoms with Crippen molar-refractivity contribution in [2.75, 3.05) is 0 Å². The third kappa shape index (κ3) is 3.58. The van der Waals surface area contributed by atoms with Crippen molar-refractivity contribution < 1.29 is 4.42 Å². The Balaban J connectivity index is 1.81. The summed E-state index contributed by atoms with van der Waals surface area (Å²) in [4.78, 5) is 4.36. The van der Waals surface area contributed by atoms with E-state index in [-0.39, 0.29) is 0 Å². The van der Waals surface area contributed by atoms with Crippen molar-refractivity contribution in [3.05, 3.63) is 76.0 Å². The average molecular weight is 365 g/mol. The number of halogens is 1. The summed E-state index contributed by atoms with van der Waals surface area (Å²) in [6, 6.07) is 19.1. The maximum Gasteiger partial charge on any atom is 0.145 e. The number of aliphatic imine (C=N–C) groups is 1. The first-order valence-electron chi connectivity index (χ1n) is 7.06. The summed E-state index contributed by atoms with van der Waals surface area (Å²) in [5.41, 5.74) is 3.59. The SMILES string of the molecule is Cc1ccc(-c2ccc(C=Nc3ccc(C#N)cc3)o2)c(Br)c1. The second kappa shape index (κ2) is 6.64. The van der Waals surface area contributed by atoms with Crippen LogP contribution in [0.25, 0.3) is 11.3 Å². The lowest BCUT2D eigenvalue weighted by atomic mass is 10.1. The molecular weight excluding hydrogens is 352 g/mol. The van der Waals surface area contributed by atoms with E-state index in [9.17, 15) is 0 Å².